The van der Waals surface area contributed by atoms with E-state index in [1.165, 1.54) is 0 Å². The second-order valence-electron chi connectivity index (χ2n) is 7.44. The standard InChI is InChI=1S/C23H27N5O/c1-5-12-27(15-20-8-6-19(14-24)7-9-20)23(29)11-10-21-17(3)25-22-13-16(2)26-28(22)18(21)4/h6-9,13H,5,10-12,15H2,1-4H3. The Morgan fingerprint density at radius 3 is 2.59 bits per heavy atom. The molecule has 0 saturated carbocycles. The lowest BCUT2D eigenvalue weighted by Crippen LogP contribution is -2.31. The maximum atomic E-state index is 13.0. The van der Waals surface area contributed by atoms with Gasteiger partial charge >= 0.3 is 0 Å². The molecule has 6 nitrogen and oxygen atoms in total. The number of aryl methyl sites for hydroxylation is 3. The van der Waals surface area contributed by atoms with Crippen molar-refractivity contribution in [3.05, 3.63) is 64.1 Å². The summed E-state index contributed by atoms with van der Waals surface area (Å²) in [7, 11) is 0. The van der Waals surface area contributed by atoms with Crippen molar-refractivity contribution in [3.63, 3.8) is 0 Å². The van der Waals surface area contributed by atoms with Crippen LogP contribution in [0.25, 0.3) is 5.65 Å². The van der Waals surface area contributed by atoms with Crippen molar-refractivity contribution in [3.8, 4) is 6.07 Å². The Labute approximate surface area is 171 Å². The van der Waals surface area contributed by atoms with Gasteiger partial charge in [0, 0.05) is 37.0 Å². The lowest BCUT2D eigenvalue weighted by molar-refractivity contribution is -0.131. The molecule has 0 aliphatic carbocycles. The molecule has 0 radical (unpaired) electrons. The zero-order chi connectivity index (χ0) is 21.0. The molecule has 0 aliphatic rings. The van der Waals surface area contributed by atoms with E-state index in [2.05, 4.69) is 23.1 Å². The van der Waals surface area contributed by atoms with Crippen LogP contribution in [0.15, 0.2) is 30.3 Å². The van der Waals surface area contributed by atoms with Gasteiger partial charge in [-0.2, -0.15) is 10.4 Å². The molecule has 6 heteroatoms. The number of hydrogen-bond acceptors (Lipinski definition) is 4. The lowest BCUT2D eigenvalue weighted by atomic mass is 10.1. The highest BCUT2D eigenvalue weighted by molar-refractivity contribution is 5.76. The van der Waals surface area contributed by atoms with E-state index in [1.54, 1.807) is 12.1 Å². The highest BCUT2D eigenvalue weighted by Gasteiger charge is 2.17. The van der Waals surface area contributed by atoms with Crippen LogP contribution in [0.3, 0.4) is 0 Å². The minimum absolute atomic E-state index is 0.131. The third kappa shape index (κ3) is 4.62. The zero-order valence-corrected chi connectivity index (χ0v) is 17.6. The molecule has 3 rings (SSSR count). The Kier molecular flexibility index (Phi) is 6.28. The van der Waals surface area contributed by atoms with Crippen LogP contribution in [0.5, 0.6) is 0 Å². The van der Waals surface area contributed by atoms with Crippen molar-refractivity contribution in [1.82, 2.24) is 19.5 Å². The van der Waals surface area contributed by atoms with E-state index < -0.39 is 0 Å². The summed E-state index contributed by atoms with van der Waals surface area (Å²) in [5, 5.41) is 13.5. The summed E-state index contributed by atoms with van der Waals surface area (Å²) in [6, 6.07) is 11.5. The molecule has 2 aromatic heterocycles. The maximum Gasteiger partial charge on any atom is 0.223 e. The van der Waals surface area contributed by atoms with Crippen LogP contribution in [0, 0.1) is 32.1 Å². The molecule has 0 N–H and O–H groups in total. The second kappa shape index (κ2) is 8.87. The maximum absolute atomic E-state index is 13.0. The van der Waals surface area contributed by atoms with Crippen LogP contribution in [-0.4, -0.2) is 31.9 Å². The predicted octanol–water partition coefficient (Wildman–Crippen LogP) is 3.90. The Bertz CT molecular complexity index is 1060. The van der Waals surface area contributed by atoms with Crippen LogP contribution in [0.1, 0.15) is 53.5 Å². The van der Waals surface area contributed by atoms with E-state index in [-0.39, 0.29) is 5.91 Å². The molecule has 0 unspecified atom stereocenters. The number of nitrogens with zero attached hydrogens (tertiary/aromatic N) is 5. The van der Waals surface area contributed by atoms with Crippen LogP contribution < -0.4 is 0 Å². The summed E-state index contributed by atoms with van der Waals surface area (Å²) >= 11 is 0. The van der Waals surface area contributed by atoms with Gasteiger partial charge in [-0.3, -0.25) is 4.79 Å². The van der Waals surface area contributed by atoms with Crippen molar-refractivity contribution >= 4 is 11.6 Å². The normalized spacial score (nSPS) is 10.9. The number of amides is 1. The number of aromatic nitrogens is 3. The average molecular weight is 390 g/mol. The molecule has 1 amide bonds. The van der Waals surface area contributed by atoms with Crippen LogP contribution in [0.4, 0.5) is 0 Å². The molecular formula is C23H27N5O. The van der Waals surface area contributed by atoms with Crippen LogP contribution in [0.2, 0.25) is 0 Å². The van der Waals surface area contributed by atoms with E-state index >= 15 is 0 Å². The molecular weight excluding hydrogens is 362 g/mol. The van der Waals surface area contributed by atoms with Gasteiger partial charge in [-0.25, -0.2) is 9.50 Å². The molecule has 0 atom stereocenters. The molecule has 2 heterocycles. The number of carbonyl (C=O) groups is 1. The van der Waals surface area contributed by atoms with Crippen molar-refractivity contribution < 1.29 is 4.79 Å². The Hall–Kier alpha value is -3.20. The molecule has 29 heavy (non-hydrogen) atoms. The third-order valence-electron chi connectivity index (χ3n) is 5.18. The molecule has 1 aromatic carbocycles. The first-order valence-electron chi connectivity index (χ1n) is 10.0. The van der Waals surface area contributed by atoms with Crippen LogP contribution in [-0.2, 0) is 17.8 Å². The zero-order valence-electron chi connectivity index (χ0n) is 17.6. The van der Waals surface area contributed by atoms with E-state index in [9.17, 15) is 4.79 Å². The fourth-order valence-electron chi connectivity index (χ4n) is 3.66. The summed E-state index contributed by atoms with van der Waals surface area (Å²) in [5.41, 5.74) is 6.53. The summed E-state index contributed by atoms with van der Waals surface area (Å²) in [6.45, 7) is 9.34. The van der Waals surface area contributed by atoms with Crippen molar-refractivity contribution in [2.45, 2.75) is 53.5 Å². The summed E-state index contributed by atoms with van der Waals surface area (Å²) in [5.74, 6) is 0.131. The first-order valence-corrected chi connectivity index (χ1v) is 10.0. The molecule has 0 aliphatic heterocycles. The Balaban J connectivity index is 1.73. The van der Waals surface area contributed by atoms with E-state index in [4.69, 9.17) is 5.26 Å². The second-order valence-corrected chi connectivity index (χ2v) is 7.44. The van der Waals surface area contributed by atoms with Gasteiger partial charge in [-0.05, 0) is 56.9 Å². The quantitative estimate of drug-likeness (QED) is 0.614. The summed E-state index contributed by atoms with van der Waals surface area (Å²) in [4.78, 5) is 19.5. The fraction of sp³-hybridized carbons (Fsp3) is 0.391. The number of carbonyl (C=O) groups excluding carboxylic acids is 1. The Morgan fingerprint density at radius 2 is 1.93 bits per heavy atom. The van der Waals surface area contributed by atoms with Crippen molar-refractivity contribution in [1.29, 1.82) is 5.26 Å². The first-order chi connectivity index (χ1) is 13.9. The lowest BCUT2D eigenvalue weighted by Gasteiger charge is -2.23. The molecule has 0 saturated heterocycles. The van der Waals surface area contributed by atoms with Gasteiger partial charge in [-0.15, -0.1) is 0 Å². The minimum Gasteiger partial charge on any atom is -0.338 e. The third-order valence-corrected chi connectivity index (χ3v) is 5.18. The predicted molar refractivity (Wildman–Crippen MR) is 112 cm³/mol. The molecule has 3 aromatic rings. The summed E-state index contributed by atoms with van der Waals surface area (Å²) < 4.78 is 1.86. The minimum atomic E-state index is 0.131. The van der Waals surface area contributed by atoms with E-state index in [1.807, 2.05) is 48.4 Å². The first kappa shape index (κ1) is 20.5. The van der Waals surface area contributed by atoms with Crippen LogP contribution >= 0.6 is 0 Å². The topological polar surface area (TPSA) is 74.3 Å². The molecule has 0 bridgehead atoms. The van der Waals surface area contributed by atoms with Gasteiger partial charge in [0.05, 0.1) is 17.3 Å². The highest BCUT2D eigenvalue weighted by Crippen LogP contribution is 2.18. The van der Waals surface area contributed by atoms with Crippen molar-refractivity contribution in [2.75, 3.05) is 6.54 Å². The molecule has 0 spiro atoms. The summed E-state index contributed by atoms with van der Waals surface area (Å²) in [6.07, 6.45) is 1.98. The van der Waals surface area contributed by atoms with Gasteiger partial charge in [0.2, 0.25) is 5.91 Å². The van der Waals surface area contributed by atoms with Gasteiger partial charge in [0.15, 0.2) is 5.65 Å². The van der Waals surface area contributed by atoms with Gasteiger partial charge < -0.3 is 4.90 Å². The molecule has 150 valence electrons. The number of nitriles is 1. The number of hydrogen-bond donors (Lipinski definition) is 0. The number of rotatable bonds is 7. The van der Waals surface area contributed by atoms with Gasteiger partial charge in [-0.1, -0.05) is 19.1 Å². The number of benzene rings is 1. The SMILES string of the molecule is CCCN(Cc1ccc(C#N)cc1)C(=O)CCc1c(C)nc2cc(C)nn2c1C. The smallest absolute Gasteiger partial charge is 0.223 e. The number of fused-ring (bicyclic) bond motifs is 1. The fourth-order valence-corrected chi connectivity index (χ4v) is 3.66. The van der Waals surface area contributed by atoms with Gasteiger partial charge in [0.25, 0.3) is 0 Å². The Morgan fingerprint density at radius 1 is 1.21 bits per heavy atom. The van der Waals surface area contributed by atoms with Gasteiger partial charge in [0.1, 0.15) is 0 Å². The average Bonchev–Trinajstić information content (AvgIpc) is 3.08. The van der Waals surface area contributed by atoms with E-state index in [0.717, 1.165) is 40.3 Å². The monoisotopic (exact) mass is 389 g/mol. The molecule has 0 fully saturated rings. The largest absolute Gasteiger partial charge is 0.338 e. The highest BCUT2D eigenvalue weighted by atomic mass is 16.2. The van der Waals surface area contributed by atoms with E-state index in [0.29, 0.717) is 31.5 Å². The van der Waals surface area contributed by atoms with Crippen molar-refractivity contribution in [2.24, 2.45) is 0 Å².